The van der Waals surface area contributed by atoms with Gasteiger partial charge in [-0.15, -0.1) is 0 Å². The number of aliphatic hydroxyl groups excluding tert-OH is 3. The van der Waals surface area contributed by atoms with E-state index < -0.39 is 36.8 Å². The van der Waals surface area contributed by atoms with Crippen molar-refractivity contribution in [3.05, 3.63) is 22.7 Å². The van der Waals surface area contributed by atoms with Gasteiger partial charge in [0.25, 0.3) is 0 Å². The van der Waals surface area contributed by atoms with Crippen LogP contribution in [0.3, 0.4) is 0 Å². The van der Waals surface area contributed by atoms with E-state index in [1.807, 2.05) is 0 Å². The second-order valence-electron chi connectivity index (χ2n) is 4.04. The molecule has 2 heterocycles. The minimum absolute atomic E-state index is 0.204. The fourth-order valence-corrected chi connectivity index (χ4v) is 1.88. The number of nitrogens with zero attached hydrogens (tertiary/aromatic N) is 2. The van der Waals surface area contributed by atoms with E-state index in [4.69, 9.17) is 9.84 Å². The van der Waals surface area contributed by atoms with E-state index in [0.717, 1.165) is 4.57 Å². The maximum Gasteiger partial charge on any atom is 0.351 e. The van der Waals surface area contributed by atoms with Gasteiger partial charge in [-0.05, 0) is 6.07 Å². The number of anilines is 1. The summed E-state index contributed by atoms with van der Waals surface area (Å²) in [6.45, 7) is -0.458. The number of aromatic nitrogens is 2. The lowest BCUT2D eigenvalue weighted by atomic mass is 10.1. The molecular formula is C10H15N3O6. The molecule has 4 atom stereocenters. The second-order valence-corrected chi connectivity index (χ2v) is 4.04. The van der Waals surface area contributed by atoms with Crippen molar-refractivity contribution in [3.8, 4) is 0 Å². The highest BCUT2D eigenvalue weighted by molar-refractivity contribution is 5.28. The van der Waals surface area contributed by atoms with Crippen LogP contribution in [0.2, 0.25) is 0 Å². The molecule has 1 aliphatic rings. The highest BCUT2D eigenvalue weighted by Crippen LogP contribution is 2.27. The molecule has 106 valence electrons. The highest BCUT2D eigenvalue weighted by atomic mass is 16.6. The Labute approximate surface area is 108 Å². The van der Waals surface area contributed by atoms with Gasteiger partial charge in [-0.2, -0.15) is 4.98 Å². The van der Waals surface area contributed by atoms with Crippen LogP contribution in [0.4, 0.5) is 5.82 Å². The largest absolute Gasteiger partial charge is 0.394 e. The molecule has 0 radical (unpaired) electrons. The summed E-state index contributed by atoms with van der Waals surface area (Å²) in [7, 11) is 1.37. The number of rotatable bonds is 4. The zero-order chi connectivity index (χ0) is 14.0. The third-order valence-electron chi connectivity index (χ3n) is 2.83. The van der Waals surface area contributed by atoms with Crippen LogP contribution in [0.5, 0.6) is 0 Å². The summed E-state index contributed by atoms with van der Waals surface area (Å²) >= 11 is 0. The topological polar surface area (TPSA) is 126 Å². The number of nitrogens with one attached hydrogen (secondary N) is 1. The Morgan fingerprint density at radius 1 is 1.53 bits per heavy atom. The normalized spacial score (nSPS) is 30.5. The van der Waals surface area contributed by atoms with Gasteiger partial charge < -0.3 is 20.1 Å². The van der Waals surface area contributed by atoms with Gasteiger partial charge in [0.2, 0.25) is 0 Å². The molecule has 9 heteroatoms. The van der Waals surface area contributed by atoms with Crippen molar-refractivity contribution in [1.82, 2.24) is 9.55 Å². The first-order chi connectivity index (χ1) is 9.08. The summed E-state index contributed by atoms with van der Waals surface area (Å²) in [5.74, 6) is 0.204. The molecule has 0 saturated carbocycles. The zero-order valence-corrected chi connectivity index (χ0v) is 10.1. The molecule has 1 fully saturated rings. The lowest BCUT2D eigenvalue weighted by Gasteiger charge is -2.17. The fraction of sp³-hybridized carbons (Fsp3) is 0.600. The lowest BCUT2D eigenvalue weighted by Crippen LogP contribution is -2.36. The van der Waals surface area contributed by atoms with Crippen LogP contribution < -0.4 is 11.2 Å². The summed E-state index contributed by atoms with van der Waals surface area (Å²) < 4.78 is 6.26. The second kappa shape index (κ2) is 5.63. The lowest BCUT2D eigenvalue weighted by molar-refractivity contribution is -0.0549. The van der Waals surface area contributed by atoms with E-state index in [2.05, 4.69) is 15.3 Å². The van der Waals surface area contributed by atoms with Gasteiger partial charge in [0.15, 0.2) is 12.0 Å². The standard InChI is InChI=1S/C10H15N3O6/c1-18-12-6-2-3-13(10(17)11-6)9-8(16)7(15)5(4-14)19-9/h2-3,5,7-9,14-16H,4H2,1H3,(H,11,12,17)/t5-,7+,8?,9-/m1/s1. The first kappa shape index (κ1) is 13.9. The third kappa shape index (κ3) is 2.60. The van der Waals surface area contributed by atoms with Crippen LogP contribution in [-0.2, 0) is 9.57 Å². The molecule has 0 spiro atoms. The summed E-state index contributed by atoms with van der Waals surface area (Å²) in [5, 5.41) is 28.4. The summed E-state index contributed by atoms with van der Waals surface area (Å²) in [5.41, 5.74) is 1.71. The van der Waals surface area contributed by atoms with Crippen molar-refractivity contribution in [2.45, 2.75) is 24.5 Å². The van der Waals surface area contributed by atoms with E-state index in [1.165, 1.54) is 19.4 Å². The minimum atomic E-state index is -1.32. The fourth-order valence-electron chi connectivity index (χ4n) is 1.88. The predicted octanol–water partition coefficient (Wildman–Crippen LogP) is -2.17. The van der Waals surface area contributed by atoms with E-state index in [9.17, 15) is 15.0 Å². The Kier molecular flexibility index (Phi) is 4.12. The van der Waals surface area contributed by atoms with Crippen LogP contribution in [0.15, 0.2) is 17.1 Å². The SMILES string of the molecule is CONc1ccn([C@@H]2O[C@H](CO)[C@H](O)C2O)c(=O)n1. The van der Waals surface area contributed by atoms with Crippen molar-refractivity contribution in [3.63, 3.8) is 0 Å². The molecule has 0 aromatic carbocycles. The highest BCUT2D eigenvalue weighted by Gasteiger charge is 2.43. The van der Waals surface area contributed by atoms with Crippen LogP contribution in [0.25, 0.3) is 0 Å². The molecule has 1 saturated heterocycles. The molecule has 0 aliphatic carbocycles. The van der Waals surface area contributed by atoms with Gasteiger partial charge in [0.1, 0.15) is 18.3 Å². The first-order valence-electron chi connectivity index (χ1n) is 5.59. The molecule has 1 unspecified atom stereocenters. The molecule has 1 aromatic heterocycles. The van der Waals surface area contributed by atoms with Gasteiger partial charge in [-0.25, -0.2) is 10.3 Å². The number of ether oxygens (including phenoxy) is 1. The Hall–Kier alpha value is -1.52. The maximum absolute atomic E-state index is 11.8. The van der Waals surface area contributed by atoms with Crippen LogP contribution in [0.1, 0.15) is 6.23 Å². The number of hydrogen-bond donors (Lipinski definition) is 4. The molecule has 4 N–H and O–H groups in total. The summed E-state index contributed by atoms with van der Waals surface area (Å²) in [6.07, 6.45) is -3.28. The molecule has 2 rings (SSSR count). The van der Waals surface area contributed by atoms with Gasteiger partial charge in [-0.3, -0.25) is 9.40 Å². The first-order valence-corrected chi connectivity index (χ1v) is 5.59. The predicted molar refractivity (Wildman–Crippen MR) is 62.1 cm³/mol. The van der Waals surface area contributed by atoms with Gasteiger partial charge >= 0.3 is 5.69 Å². The maximum atomic E-state index is 11.8. The molecule has 0 amide bonds. The number of hydrogen-bond acceptors (Lipinski definition) is 8. The monoisotopic (exact) mass is 273 g/mol. The van der Waals surface area contributed by atoms with E-state index >= 15 is 0 Å². The number of aliphatic hydroxyl groups is 3. The van der Waals surface area contributed by atoms with Crippen LogP contribution in [0, 0.1) is 0 Å². The smallest absolute Gasteiger partial charge is 0.351 e. The summed E-state index contributed by atoms with van der Waals surface area (Å²) in [4.78, 5) is 20.0. The van der Waals surface area contributed by atoms with E-state index in [1.54, 1.807) is 0 Å². The van der Waals surface area contributed by atoms with Gasteiger partial charge in [0, 0.05) is 6.20 Å². The van der Waals surface area contributed by atoms with Crippen molar-refractivity contribution < 1.29 is 24.9 Å². The van der Waals surface area contributed by atoms with Crippen molar-refractivity contribution in [2.24, 2.45) is 0 Å². The molecule has 9 nitrogen and oxygen atoms in total. The Morgan fingerprint density at radius 3 is 2.79 bits per heavy atom. The Balaban J connectivity index is 2.25. The third-order valence-corrected chi connectivity index (χ3v) is 2.83. The van der Waals surface area contributed by atoms with Crippen molar-refractivity contribution >= 4 is 5.82 Å². The molecule has 1 aromatic rings. The average molecular weight is 273 g/mol. The van der Waals surface area contributed by atoms with Crippen LogP contribution in [-0.4, -0.2) is 56.9 Å². The molecule has 0 bridgehead atoms. The van der Waals surface area contributed by atoms with Crippen LogP contribution >= 0.6 is 0 Å². The molecular weight excluding hydrogens is 258 g/mol. The van der Waals surface area contributed by atoms with Gasteiger partial charge in [0.05, 0.1) is 13.7 Å². The quantitative estimate of drug-likeness (QED) is 0.456. The van der Waals surface area contributed by atoms with Gasteiger partial charge in [-0.1, -0.05) is 0 Å². The zero-order valence-electron chi connectivity index (χ0n) is 10.1. The van der Waals surface area contributed by atoms with E-state index in [0.29, 0.717) is 0 Å². The average Bonchev–Trinajstić information content (AvgIpc) is 2.67. The Morgan fingerprint density at radius 2 is 2.26 bits per heavy atom. The molecule has 1 aliphatic heterocycles. The molecule has 19 heavy (non-hydrogen) atoms. The minimum Gasteiger partial charge on any atom is -0.394 e. The Bertz CT molecular complexity index is 492. The summed E-state index contributed by atoms with van der Waals surface area (Å²) in [6, 6.07) is 1.44. The van der Waals surface area contributed by atoms with Crippen molar-refractivity contribution in [2.75, 3.05) is 19.2 Å². The van der Waals surface area contributed by atoms with Crippen molar-refractivity contribution in [1.29, 1.82) is 0 Å². The van der Waals surface area contributed by atoms with E-state index in [-0.39, 0.29) is 5.82 Å².